The van der Waals surface area contributed by atoms with Gasteiger partial charge in [-0.15, -0.1) is 0 Å². The van der Waals surface area contributed by atoms with Crippen molar-refractivity contribution in [3.8, 4) is 0 Å². The van der Waals surface area contributed by atoms with Crippen LogP contribution in [0.5, 0.6) is 0 Å². The third-order valence-electron chi connectivity index (χ3n) is 2.72. The van der Waals surface area contributed by atoms with Gasteiger partial charge >= 0.3 is 0 Å². The first-order valence-corrected chi connectivity index (χ1v) is 6.41. The Balaban J connectivity index is 2.24. The molecule has 18 heavy (non-hydrogen) atoms. The van der Waals surface area contributed by atoms with Crippen molar-refractivity contribution in [2.24, 2.45) is 5.10 Å². The fraction of sp³-hybridized carbons (Fsp3) is 0.385. The van der Waals surface area contributed by atoms with Gasteiger partial charge in [-0.1, -0.05) is 42.5 Å². The van der Waals surface area contributed by atoms with Crippen molar-refractivity contribution in [1.29, 1.82) is 0 Å². The van der Waals surface area contributed by atoms with Gasteiger partial charge in [-0.25, -0.2) is 0 Å². The van der Waals surface area contributed by atoms with Crippen LogP contribution in [0.2, 0.25) is 0 Å². The zero-order chi connectivity index (χ0) is 12.8. The summed E-state index contributed by atoms with van der Waals surface area (Å²) in [4.78, 5) is 0.660. The predicted molar refractivity (Wildman–Crippen MR) is 77.0 cm³/mol. The van der Waals surface area contributed by atoms with Crippen LogP contribution in [-0.2, 0) is 4.74 Å². The maximum absolute atomic E-state index is 5.33. The van der Waals surface area contributed by atoms with Crippen LogP contribution < -0.4 is 5.32 Å². The fourth-order valence-corrected chi connectivity index (χ4v) is 1.90. The lowest BCUT2D eigenvalue weighted by Gasteiger charge is -2.25. The molecule has 1 aliphatic rings. The number of ether oxygens (including phenoxy) is 1. The summed E-state index contributed by atoms with van der Waals surface area (Å²) in [5.41, 5.74) is 1.85. The minimum absolute atomic E-state index is 0.660. The van der Waals surface area contributed by atoms with Crippen LogP contribution in [0.1, 0.15) is 5.56 Å². The Morgan fingerprint density at radius 3 is 2.56 bits per heavy atom. The summed E-state index contributed by atoms with van der Waals surface area (Å²) in [6, 6.07) is 10.00. The molecule has 1 aromatic rings. The van der Waals surface area contributed by atoms with Gasteiger partial charge in [-0.3, -0.25) is 5.01 Å². The first kappa shape index (κ1) is 13.0. The number of thiocarbonyl (C=S) groups is 1. The number of hydrogen-bond donors (Lipinski definition) is 1. The SMILES string of the molecule is CNC(=S)/C(=N/N1CCOCC1)c1ccccc1. The molecule has 0 atom stereocenters. The number of hydrogen-bond acceptors (Lipinski definition) is 4. The number of benzene rings is 1. The molecular formula is C13H17N3OS. The molecule has 1 aliphatic heterocycles. The van der Waals surface area contributed by atoms with E-state index in [1.54, 1.807) is 0 Å². The second kappa shape index (κ2) is 6.47. The highest BCUT2D eigenvalue weighted by Gasteiger charge is 2.13. The maximum Gasteiger partial charge on any atom is 0.127 e. The molecule has 1 fully saturated rings. The van der Waals surface area contributed by atoms with Crippen molar-refractivity contribution < 1.29 is 4.74 Å². The third kappa shape index (κ3) is 3.27. The van der Waals surface area contributed by atoms with E-state index in [0.717, 1.165) is 37.6 Å². The number of nitrogens with one attached hydrogen (secondary N) is 1. The molecule has 0 bridgehead atoms. The van der Waals surface area contributed by atoms with E-state index in [0.29, 0.717) is 4.99 Å². The Bertz CT molecular complexity index is 427. The molecule has 1 aromatic carbocycles. The van der Waals surface area contributed by atoms with Crippen molar-refractivity contribution in [3.05, 3.63) is 35.9 Å². The van der Waals surface area contributed by atoms with E-state index >= 15 is 0 Å². The molecule has 0 saturated carbocycles. The topological polar surface area (TPSA) is 36.9 Å². The van der Waals surface area contributed by atoms with Gasteiger partial charge in [0.2, 0.25) is 0 Å². The Morgan fingerprint density at radius 1 is 1.28 bits per heavy atom. The quantitative estimate of drug-likeness (QED) is 0.658. The summed E-state index contributed by atoms with van der Waals surface area (Å²) in [5, 5.41) is 9.65. The molecule has 0 spiro atoms. The smallest absolute Gasteiger partial charge is 0.127 e. The van der Waals surface area contributed by atoms with Crippen LogP contribution in [0.3, 0.4) is 0 Å². The summed E-state index contributed by atoms with van der Waals surface area (Å²) in [6.45, 7) is 3.06. The first-order valence-electron chi connectivity index (χ1n) is 6.00. The van der Waals surface area contributed by atoms with Crippen LogP contribution >= 0.6 is 12.2 Å². The number of hydrazone groups is 1. The Hall–Kier alpha value is -1.46. The van der Waals surface area contributed by atoms with Gasteiger partial charge in [-0.2, -0.15) is 5.10 Å². The van der Waals surface area contributed by atoms with Gasteiger partial charge in [-0.05, 0) is 0 Å². The van der Waals surface area contributed by atoms with Gasteiger partial charge in [0.15, 0.2) is 0 Å². The van der Waals surface area contributed by atoms with E-state index in [9.17, 15) is 0 Å². The molecule has 0 amide bonds. The Morgan fingerprint density at radius 2 is 1.94 bits per heavy atom. The maximum atomic E-state index is 5.33. The third-order valence-corrected chi connectivity index (χ3v) is 3.12. The standard InChI is InChI=1S/C13H17N3OS/c1-14-13(18)12(11-5-3-2-4-6-11)15-16-7-9-17-10-8-16/h2-6H,7-10H2,1H3,(H,14,18)/b15-12+. The first-order chi connectivity index (χ1) is 8.81. The number of rotatable bonds is 3. The molecule has 1 saturated heterocycles. The van der Waals surface area contributed by atoms with Gasteiger partial charge in [0, 0.05) is 12.6 Å². The summed E-state index contributed by atoms with van der Waals surface area (Å²) < 4.78 is 5.31. The van der Waals surface area contributed by atoms with Crippen molar-refractivity contribution in [2.45, 2.75) is 0 Å². The van der Waals surface area contributed by atoms with Gasteiger partial charge in [0.25, 0.3) is 0 Å². The van der Waals surface area contributed by atoms with Gasteiger partial charge < -0.3 is 10.1 Å². The zero-order valence-corrected chi connectivity index (χ0v) is 11.2. The van der Waals surface area contributed by atoms with E-state index in [1.165, 1.54) is 0 Å². The molecule has 2 rings (SSSR count). The summed E-state index contributed by atoms with van der Waals surface area (Å²) in [6.07, 6.45) is 0. The Labute approximate surface area is 113 Å². The lowest BCUT2D eigenvalue weighted by molar-refractivity contribution is 0.0395. The lowest BCUT2D eigenvalue weighted by atomic mass is 10.1. The van der Waals surface area contributed by atoms with E-state index in [-0.39, 0.29) is 0 Å². The van der Waals surface area contributed by atoms with Gasteiger partial charge in [0.1, 0.15) is 10.7 Å². The van der Waals surface area contributed by atoms with Crippen LogP contribution in [0.4, 0.5) is 0 Å². The summed E-state index contributed by atoms with van der Waals surface area (Å²) >= 11 is 5.33. The molecule has 1 N–H and O–H groups in total. The van der Waals surface area contributed by atoms with Crippen molar-refractivity contribution in [2.75, 3.05) is 33.4 Å². The normalized spacial score (nSPS) is 16.5. The van der Waals surface area contributed by atoms with Crippen LogP contribution in [0, 0.1) is 0 Å². The molecule has 4 nitrogen and oxygen atoms in total. The largest absolute Gasteiger partial charge is 0.378 e. The van der Waals surface area contributed by atoms with E-state index < -0.39 is 0 Å². The minimum atomic E-state index is 0.660. The van der Waals surface area contributed by atoms with Crippen LogP contribution in [0.15, 0.2) is 35.4 Å². The predicted octanol–water partition coefficient (Wildman–Crippen LogP) is 1.27. The average Bonchev–Trinajstić information content (AvgIpc) is 2.46. The van der Waals surface area contributed by atoms with E-state index in [4.69, 9.17) is 17.0 Å². The number of nitrogens with zero attached hydrogens (tertiary/aromatic N) is 2. The number of morpholine rings is 1. The average molecular weight is 263 g/mol. The zero-order valence-electron chi connectivity index (χ0n) is 10.4. The van der Waals surface area contributed by atoms with E-state index in [2.05, 4.69) is 10.4 Å². The van der Waals surface area contributed by atoms with Crippen molar-refractivity contribution >= 4 is 22.9 Å². The summed E-state index contributed by atoms with van der Waals surface area (Å²) in [5.74, 6) is 0. The molecule has 0 radical (unpaired) electrons. The second-order valence-electron chi connectivity index (χ2n) is 3.96. The molecule has 96 valence electrons. The van der Waals surface area contributed by atoms with Crippen LogP contribution in [-0.4, -0.2) is 49.1 Å². The Kier molecular flexibility index (Phi) is 4.66. The van der Waals surface area contributed by atoms with Gasteiger partial charge in [0.05, 0.1) is 26.3 Å². The summed E-state index contributed by atoms with van der Waals surface area (Å²) in [7, 11) is 1.82. The molecule has 5 heteroatoms. The monoisotopic (exact) mass is 263 g/mol. The highest BCUT2D eigenvalue weighted by Crippen LogP contribution is 2.06. The number of likely N-dealkylation sites (N-methyl/N-ethyl adjacent to an activating group) is 1. The minimum Gasteiger partial charge on any atom is -0.378 e. The molecular weight excluding hydrogens is 246 g/mol. The van der Waals surface area contributed by atoms with Crippen molar-refractivity contribution in [1.82, 2.24) is 10.3 Å². The lowest BCUT2D eigenvalue weighted by Crippen LogP contribution is -2.36. The van der Waals surface area contributed by atoms with Crippen molar-refractivity contribution in [3.63, 3.8) is 0 Å². The molecule has 1 heterocycles. The second-order valence-corrected chi connectivity index (χ2v) is 4.37. The molecule has 0 aliphatic carbocycles. The highest BCUT2D eigenvalue weighted by molar-refractivity contribution is 7.82. The highest BCUT2D eigenvalue weighted by atomic mass is 32.1. The van der Waals surface area contributed by atoms with Crippen LogP contribution in [0.25, 0.3) is 0 Å². The van der Waals surface area contributed by atoms with E-state index in [1.807, 2.05) is 42.4 Å². The molecule has 0 aromatic heterocycles. The molecule has 0 unspecified atom stereocenters. The fourth-order valence-electron chi connectivity index (χ4n) is 1.74.